The highest BCUT2D eigenvalue weighted by atomic mass is 35.5. The molecule has 1 aliphatic rings. The first-order valence-corrected chi connectivity index (χ1v) is 6.59. The zero-order valence-corrected chi connectivity index (χ0v) is 11.6. The molecule has 100 valence electrons. The number of halogens is 1. The molecular weight excluding hydrogens is 250 g/mol. The van der Waals surface area contributed by atoms with E-state index in [0.29, 0.717) is 11.1 Å². The van der Waals surface area contributed by atoms with E-state index in [0.717, 1.165) is 25.1 Å². The Morgan fingerprint density at radius 2 is 2.33 bits per heavy atom. The molecule has 1 saturated heterocycles. The summed E-state index contributed by atoms with van der Waals surface area (Å²) in [7, 11) is 4.17. The molecule has 0 unspecified atom stereocenters. The number of likely N-dealkylation sites (N-methyl/N-ethyl adjacent to an activating group) is 1. The Kier molecular flexibility index (Phi) is 4.56. The van der Waals surface area contributed by atoms with Crippen LogP contribution >= 0.6 is 11.6 Å². The van der Waals surface area contributed by atoms with Crippen LogP contribution in [0, 0.1) is 0 Å². The SMILES string of the molecule is CN(C)[C@@H]1C[C@@H](CO)N(Cc2ccncc2Cl)C1. The Bertz CT molecular complexity index is 400. The summed E-state index contributed by atoms with van der Waals surface area (Å²) in [5.41, 5.74) is 1.07. The van der Waals surface area contributed by atoms with Crippen LogP contribution in [0.1, 0.15) is 12.0 Å². The molecule has 1 aliphatic heterocycles. The zero-order chi connectivity index (χ0) is 13.1. The normalized spacial score (nSPS) is 24.9. The largest absolute Gasteiger partial charge is 0.395 e. The van der Waals surface area contributed by atoms with Crippen molar-refractivity contribution in [2.45, 2.75) is 25.0 Å². The molecule has 0 aliphatic carbocycles. The van der Waals surface area contributed by atoms with Crippen LogP contribution in [0.5, 0.6) is 0 Å². The average molecular weight is 270 g/mol. The topological polar surface area (TPSA) is 39.6 Å². The summed E-state index contributed by atoms with van der Waals surface area (Å²) in [4.78, 5) is 8.51. The first kappa shape index (κ1) is 13.7. The van der Waals surface area contributed by atoms with E-state index in [-0.39, 0.29) is 12.6 Å². The summed E-state index contributed by atoms with van der Waals surface area (Å²) in [6.45, 7) is 1.95. The molecule has 1 fully saturated rings. The van der Waals surface area contributed by atoms with Crippen molar-refractivity contribution in [2.75, 3.05) is 27.2 Å². The molecule has 0 aromatic carbocycles. The first-order valence-electron chi connectivity index (χ1n) is 6.21. The van der Waals surface area contributed by atoms with Crippen LogP contribution < -0.4 is 0 Å². The van der Waals surface area contributed by atoms with E-state index in [1.165, 1.54) is 0 Å². The Labute approximate surface area is 113 Å². The summed E-state index contributed by atoms with van der Waals surface area (Å²) in [6, 6.07) is 2.67. The minimum Gasteiger partial charge on any atom is -0.395 e. The molecule has 0 spiro atoms. The standard InChI is InChI=1S/C13H20ClN3O/c1-16(2)11-5-12(9-18)17(8-11)7-10-3-4-15-6-13(10)14/h3-4,6,11-12,18H,5,7-9H2,1-2H3/t11-,12+/m1/s1. The Morgan fingerprint density at radius 3 is 2.94 bits per heavy atom. The highest BCUT2D eigenvalue weighted by molar-refractivity contribution is 6.31. The van der Waals surface area contributed by atoms with E-state index >= 15 is 0 Å². The van der Waals surface area contributed by atoms with Gasteiger partial charge >= 0.3 is 0 Å². The van der Waals surface area contributed by atoms with Crippen LogP contribution in [-0.4, -0.2) is 59.2 Å². The maximum atomic E-state index is 9.48. The van der Waals surface area contributed by atoms with Gasteiger partial charge < -0.3 is 10.0 Å². The van der Waals surface area contributed by atoms with Gasteiger partial charge in [-0.2, -0.15) is 0 Å². The summed E-state index contributed by atoms with van der Waals surface area (Å²) in [5.74, 6) is 0. The molecule has 0 saturated carbocycles. The zero-order valence-electron chi connectivity index (χ0n) is 10.9. The maximum Gasteiger partial charge on any atom is 0.0634 e. The lowest BCUT2D eigenvalue weighted by Gasteiger charge is -2.23. The van der Waals surface area contributed by atoms with Gasteiger partial charge in [0.1, 0.15) is 0 Å². The summed E-state index contributed by atoms with van der Waals surface area (Å²) in [6.07, 6.45) is 4.44. The van der Waals surface area contributed by atoms with Crippen LogP contribution in [0.2, 0.25) is 5.02 Å². The second-order valence-electron chi connectivity index (χ2n) is 5.09. The third-order valence-electron chi connectivity index (χ3n) is 3.68. The van der Waals surface area contributed by atoms with Crippen molar-refractivity contribution in [3.8, 4) is 0 Å². The van der Waals surface area contributed by atoms with Gasteiger partial charge in [-0.25, -0.2) is 0 Å². The van der Waals surface area contributed by atoms with Crippen LogP contribution in [0.15, 0.2) is 18.5 Å². The highest BCUT2D eigenvalue weighted by Gasteiger charge is 2.32. The van der Waals surface area contributed by atoms with Crippen LogP contribution in [0.3, 0.4) is 0 Å². The fraction of sp³-hybridized carbons (Fsp3) is 0.615. The van der Waals surface area contributed by atoms with Crippen molar-refractivity contribution >= 4 is 11.6 Å². The smallest absolute Gasteiger partial charge is 0.0634 e. The van der Waals surface area contributed by atoms with E-state index in [9.17, 15) is 5.11 Å². The minimum atomic E-state index is 0.201. The Hall–Kier alpha value is -0.680. The van der Waals surface area contributed by atoms with Crippen LogP contribution in [0.25, 0.3) is 0 Å². The average Bonchev–Trinajstić information content (AvgIpc) is 2.75. The van der Waals surface area contributed by atoms with Gasteiger partial charge in [-0.05, 0) is 32.1 Å². The number of aromatic nitrogens is 1. The molecule has 4 nitrogen and oxygen atoms in total. The summed E-state index contributed by atoms with van der Waals surface area (Å²) >= 11 is 6.13. The van der Waals surface area contributed by atoms with Crippen molar-refractivity contribution in [3.63, 3.8) is 0 Å². The lowest BCUT2D eigenvalue weighted by Crippen LogP contribution is -2.33. The molecule has 18 heavy (non-hydrogen) atoms. The number of hydrogen-bond donors (Lipinski definition) is 1. The molecular formula is C13H20ClN3O. The molecule has 0 radical (unpaired) electrons. The van der Waals surface area contributed by atoms with Gasteiger partial charge in [0.2, 0.25) is 0 Å². The van der Waals surface area contributed by atoms with Gasteiger partial charge in [0.05, 0.1) is 11.6 Å². The predicted molar refractivity (Wildman–Crippen MR) is 72.6 cm³/mol. The first-order chi connectivity index (χ1) is 8.61. The van der Waals surface area contributed by atoms with Crippen molar-refractivity contribution in [1.82, 2.24) is 14.8 Å². The van der Waals surface area contributed by atoms with Gasteiger partial charge in [-0.3, -0.25) is 9.88 Å². The molecule has 2 atom stereocenters. The van der Waals surface area contributed by atoms with Gasteiger partial charge in [0, 0.05) is 37.6 Å². The number of hydrogen-bond acceptors (Lipinski definition) is 4. The summed E-state index contributed by atoms with van der Waals surface area (Å²) < 4.78 is 0. The second kappa shape index (κ2) is 5.97. The third kappa shape index (κ3) is 3.01. The fourth-order valence-corrected chi connectivity index (χ4v) is 2.65. The van der Waals surface area contributed by atoms with Crippen molar-refractivity contribution in [3.05, 3.63) is 29.0 Å². The molecule has 5 heteroatoms. The number of pyridine rings is 1. The molecule has 0 bridgehead atoms. The predicted octanol–water partition coefficient (Wildman–Crippen LogP) is 1.23. The molecule has 1 aromatic rings. The number of likely N-dealkylation sites (tertiary alicyclic amines) is 1. The fourth-order valence-electron chi connectivity index (χ4n) is 2.47. The van der Waals surface area contributed by atoms with Crippen molar-refractivity contribution in [2.24, 2.45) is 0 Å². The van der Waals surface area contributed by atoms with E-state index in [1.54, 1.807) is 12.4 Å². The lowest BCUT2D eigenvalue weighted by atomic mass is 10.1. The quantitative estimate of drug-likeness (QED) is 0.893. The molecule has 2 heterocycles. The molecule has 0 amide bonds. The van der Waals surface area contributed by atoms with E-state index in [1.807, 2.05) is 6.07 Å². The van der Waals surface area contributed by atoms with Crippen LogP contribution in [-0.2, 0) is 6.54 Å². The van der Waals surface area contributed by atoms with Crippen molar-refractivity contribution in [1.29, 1.82) is 0 Å². The number of aliphatic hydroxyl groups is 1. The van der Waals surface area contributed by atoms with Gasteiger partial charge in [-0.15, -0.1) is 0 Å². The second-order valence-corrected chi connectivity index (χ2v) is 5.49. The van der Waals surface area contributed by atoms with Gasteiger partial charge in [0.25, 0.3) is 0 Å². The summed E-state index contributed by atoms with van der Waals surface area (Å²) in [5, 5.41) is 10.2. The Balaban J connectivity index is 2.06. The van der Waals surface area contributed by atoms with Gasteiger partial charge in [0.15, 0.2) is 0 Å². The van der Waals surface area contributed by atoms with Crippen LogP contribution in [0.4, 0.5) is 0 Å². The number of rotatable bonds is 4. The molecule has 1 aromatic heterocycles. The minimum absolute atomic E-state index is 0.201. The number of aliphatic hydroxyl groups excluding tert-OH is 1. The van der Waals surface area contributed by atoms with Crippen molar-refractivity contribution < 1.29 is 5.11 Å². The monoisotopic (exact) mass is 269 g/mol. The molecule has 2 rings (SSSR count). The Morgan fingerprint density at radius 1 is 1.56 bits per heavy atom. The van der Waals surface area contributed by atoms with E-state index in [2.05, 4.69) is 28.9 Å². The maximum absolute atomic E-state index is 9.48. The highest BCUT2D eigenvalue weighted by Crippen LogP contribution is 2.24. The van der Waals surface area contributed by atoms with Gasteiger partial charge in [-0.1, -0.05) is 11.6 Å². The van der Waals surface area contributed by atoms with E-state index < -0.39 is 0 Å². The van der Waals surface area contributed by atoms with E-state index in [4.69, 9.17) is 11.6 Å². The number of nitrogens with zero attached hydrogens (tertiary/aromatic N) is 3. The molecule has 1 N–H and O–H groups in total. The third-order valence-corrected chi connectivity index (χ3v) is 4.02. The lowest BCUT2D eigenvalue weighted by molar-refractivity contribution is 0.153.